The fourth-order valence-electron chi connectivity index (χ4n) is 4.28. The third-order valence-corrected chi connectivity index (χ3v) is 6.69. The summed E-state index contributed by atoms with van der Waals surface area (Å²) in [6, 6.07) is 0. The molecular formula is C32H58. The fraction of sp³-hybridized carbons (Fsp3) is 0.750. The Morgan fingerprint density at radius 2 is 1.31 bits per heavy atom. The van der Waals surface area contributed by atoms with Gasteiger partial charge in [-0.15, -0.1) is 6.58 Å². The Labute approximate surface area is 203 Å². The van der Waals surface area contributed by atoms with Gasteiger partial charge < -0.3 is 0 Å². The summed E-state index contributed by atoms with van der Waals surface area (Å²) in [7, 11) is 0. The Balaban J connectivity index is 3.78. The second-order valence-electron chi connectivity index (χ2n) is 10.0. The molecule has 0 radical (unpaired) electrons. The molecule has 32 heavy (non-hydrogen) atoms. The van der Waals surface area contributed by atoms with Gasteiger partial charge in [0.15, 0.2) is 0 Å². The highest BCUT2D eigenvalue weighted by Crippen LogP contribution is 2.19. The first-order valence-corrected chi connectivity index (χ1v) is 14.2. The van der Waals surface area contributed by atoms with Gasteiger partial charge in [0.2, 0.25) is 0 Å². The standard InChI is InChI=1S/C32H58/c1-6-9-11-13-14-15-16-17-18-20-21-24-30(4)25-23-26-31(5)28-29-32(8-3)27-22-19-12-10-7-2/h7,17-18,28-30H,2,6,8-16,19-27H2,1,3-5H3. The van der Waals surface area contributed by atoms with Crippen molar-refractivity contribution in [2.45, 2.75) is 150 Å². The average Bonchev–Trinajstić information content (AvgIpc) is 2.79. The minimum absolute atomic E-state index is 0.868. The number of allylic oxidation sites excluding steroid dienone is 7. The maximum absolute atomic E-state index is 3.81. The molecule has 0 aromatic heterocycles. The van der Waals surface area contributed by atoms with E-state index in [1.54, 1.807) is 11.1 Å². The molecule has 186 valence electrons. The van der Waals surface area contributed by atoms with Crippen molar-refractivity contribution in [2.24, 2.45) is 5.92 Å². The van der Waals surface area contributed by atoms with E-state index in [9.17, 15) is 0 Å². The van der Waals surface area contributed by atoms with Crippen LogP contribution in [0.2, 0.25) is 0 Å². The zero-order valence-corrected chi connectivity index (χ0v) is 22.6. The van der Waals surface area contributed by atoms with Gasteiger partial charge in [0.05, 0.1) is 0 Å². The molecule has 0 amide bonds. The zero-order valence-electron chi connectivity index (χ0n) is 22.6. The van der Waals surface area contributed by atoms with E-state index in [1.807, 2.05) is 6.08 Å². The van der Waals surface area contributed by atoms with Gasteiger partial charge in [0, 0.05) is 0 Å². The van der Waals surface area contributed by atoms with Crippen LogP contribution in [0.3, 0.4) is 0 Å². The topological polar surface area (TPSA) is 0 Å². The molecule has 0 heteroatoms. The first-order chi connectivity index (χ1) is 15.6. The van der Waals surface area contributed by atoms with Crippen LogP contribution in [0.4, 0.5) is 0 Å². The Kier molecular flexibility index (Phi) is 23.8. The van der Waals surface area contributed by atoms with Crippen LogP contribution in [0.5, 0.6) is 0 Å². The van der Waals surface area contributed by atoms with Gasteiger partial charge in [-0.1, -0.05) is 114 Å². The molecule has 0 aromatic carbocycles. The lowest BCUT2D eigenvalue weighted by Gasteiger charge is -2.10. The SMILES string of the molecule is C=CCCCCCC(=CC=C(C)CCCC(C)CCCC=CCCCCCCCC)CC. The summed E-state index contributed by atoms with van der Waals surface area (Å²) in [5.74, 6) is 0.868. The lowest BCUT2D eigenvalue weighted by atomic mass is 9.96. The lowest BCUT2D eigenvalue weighted by Crippen LogP contribution is -1.95. The summed E-state index contributed by atoms with van der Waals surface area (Å²) in [5, 5.41) is 0. The van der Waals surface area contributed by atoms with Crippen LogP contribution in [-0.4, -0.2) is 0 Å². The van der Waals surface area contributed by atoms with E-state index in [0.29, 0.717) is 0 Å². The monoisotopic (exact) mass is 442 g/mol. The van der Waals surface area contributed by atoms with Crippen LogP contribution in [0.15, 0.2) is 48.1 Å². The van der Waals surface area contributed by atoms with Crippen molar-refractivity contribution in [1.29, 1.82) is 0 Å². The Morgan fingerprint density at radius 1 is 0.688 bits per heavy atom. The Hall–Kier alpha value is -1.04. The second kappa shape index (κ2) is 24.6. The summed E-state index contributed by atoms with van der Waals surface area (Å²) in [6.07, 6.45) is 37.0. The van der Waals surface area contributed by atoms with Crippen LogP contribution in [0.25, 0.3) is 0 Å². The first kappa shape index (κ1) is 31.0. The smallest absolute Gasteiger partial charge is 0.0317 e. The molecule has 1 atom stereocenters. The zero-order chi connectivity index (χ0) is 23.7. The van der Waals surface area contributed by atoms with Gasteiger partial charge in [-0.3, -0.25) is 0 Å². The van der Waals surface area contributed by atoms with E-state index in [2.05, 4.69) is 58.6 Å². The molecule has 0 rings (SSSR count). The summed E-state index contributed by atoms with van der Waals surface area (Å²) in [5.41, 5.74) is 3.16. The average molecular weight is 443 g/mol. The molecule has 0 aromatic rings. The third-order valence-electron chi connectivity index (χ3n) is 6.69. The molecule has 0 spiro atoms. The minimum Gasteiger partial charge on any atom is -0.103 e. The summed E-state index contributed by atoms with van der Waals surface area (Å²) < 4.78 is 0. The van der Waals surface area contributed by atoms with Crippen LogP contribution in [0.1, 0.15) is 150 Å². The van der Waals surface area contributed by atoms with Crippen LogP contribution >= 0.6 is 0 Å². The predicted octanol–water partition coefficient (Wildman–Crippen LogP) is 11.7. The number of hydrogen-bond acceptors (Lipinski definition) is 0. The molecule has 0 saturated heterocycles. The summed E-state index contributed by atoms with van der Waals surface area (Å²) in [6.45, 7) is 13.2. The van der Waals surface area contributed by atoms with Crippen molar-refractivity contribution in [3.05, 3.63) is 48.1 Å². The van der Waals surface area contributed by atoms with E-state index in [4.69, 9.17) is 0 Å². The maximum Gasteiger partial charge on any atom is -0.0317 e. The minimum atomic E-state index is 0.868. The van der Waals surface area contributed by atoms with Gasteiger partial charge in [-0.2, -0.15) is 0 Å². The molecule has 1 unspecified atom stereocenters. The second-order valence-corrected chi connectivity index (χ2v) is 10.0. The molecule has 0 bridgehead atoms. The van der Waals surface area contributed by atoms with E-state index in [1.165, 1.54) is 122 Å². The number of hydrogen-bond donors (Lipinski definition) is 0. The molecule has 0 aliphatic heterocycles. The molecule has 0 fully saturated rings. The van der Waals surface area contributed by atoms with Crippen molar-refractivity contribution in [1.82, 2.24) is 0 Å². The van der Waals surface area contributed by atoms with E-state index >= 15 is 0 Å². The van der Waals surface area contributed by atoms with E-state index < -0.39 is 0 Å². The van der Waals surface area contributed by atoms with Crippen molar-refractivity contribution in [3.63, 3.8) is 0 Å². The molecular weight excluding hydrogens is 384 g/mol. The molecule has 0 aliphatic carbocycles. The number of rotatable bonds is 23. The predicted molar refractivity (Wildman–Crippen MR) is 149 cm³/mol. The van der Waals surface area contributed by atoms with Crippen molar-refractivity contribution in [2.75, 3.05) is 0 Å². The molecule has 0 nitrogen and oxygen atoms in total. The normalized spacial score (nSPS) is 13.8. The summed E-state index contributed by atoms with van der Waals surface area (Å²) >= 11 is 0. The fourth-order valence-corrected chi connectivity index (χ4v) is 4.28. The Bertz CT molecular complexity index is 490. The van der Waals surface area contributed by atoms with Crippen LogP contribution in [-0.2, 0) is 0 Å². The van der Waals surface area contributed by atoms with Gasteiger partial charge in [0.1, 0.15) is 0 Å². The van der Waals surface area contributed by atoms with Crippen LogP contribution < -0.4 is 0 Å². The highest BCUT2D eigenvalue weighted by Gasteiger charge is 2.02. The highest BCUT2D eigenvalue weighted by atomic mass is 14.1. The molecule has 0 saturated carbocycles. The van der Waals surface area contributed by atoms with Gasteiger partial charge in [-0.05, 0) is 83.5 Å². The number of unbranched alkanes of at least 4 members (excludes halogenated alkanes) is 10. The quantitative estimate of drug-likeness (QED) is 0.0838. The highest BCUT2D eigenvalue weighted by molar-refractivity contribution is 5.16. The van der Waals surface area contributed by atoms with Crippen molar-refractivity contribution < 1.29 is 0 Å². The van der Waals surface area contributed by atoms with Gasteiger partial charge in [-0.25, -0.2) is 0 Å². The Morgan fingerprint density at radius 3 is 2.03 bits per heavy atom. The van der Waals surface area contributed by atoms with E-state index in [-0.39, 0.29) is 0 Å². The van der Waals surface area contributed by atoms with Gasteiger partial charge >= 0.3 is 0 Å². The van der Waals surface area contributed by atoms with Crippen molar-refractivity contribution >= 4 is 0 Å². The van der Waals surface area contributed by atoms with Crippen LogP contribution in [0, 0.1) is 5.92 Å². The lowest BCUT2D eigenvalue weighted by molar-refractivity contribution is 0.461. The summed E-state index contributed by atoms with van der Waals surface area (Å²) in [4.78, 5) is 0. The van der Waals surface area contributed by atoms with Crippen molar-refractivity contribution in [3.8, 4) is 0 Å². The largest absolute Gasteiger partial charge is 0.103 e. The van der Waals surface area contributed by atoms with E-state index in [0.717, 1.165) is 5.92 Å². The molecule has 0 heterocycles. The molecule has 0 N–H and O–H groups in total. The maximum atomic E-state index is 3.81. The molecule has 0 aliphatic rings. The van der Waals surface area contributed by atoms with Gasteiger partial charge in [0.25, 0.3) is 0 Å². The third kappa shape index (κ3) is 22.2. The first-order valence-electron chi connectivity index (χ1n) is 14.2.